The smallest absolute Gasteiger partial charge is 0.258 e. The monoisotopic (exact) mass is 366 g/mol. The lowest BCUT2D eigenvalue weighted by atomic mass is 10.0. The molecule has 0 aliphatic heterocycles. The van der Waals surface area contributed by atoms with E-state index in [-0.39, 0.29) is 5.69 Å². The fourth-order valence-corrected chi connectivity index (χ4v) is 3.03. The predicted octanol–water partition coefficient (Wildman–Crippen LogP) is 5.29. The van der Waals surface area contributed by atoms with Gasteiger partial charge < -0.3 is 0 Å². The minimum atomic E-state index is -0.413. The summed E-state index contributed by atoms with van der Waals surface area (Å²) in [5, 5.41) is 17.6. The molecule has 0 aliphatic rings. The van der Waals surface area contributed by atoms with Gasteiger partial charge in [-0.15, -0.1) is 11.3 Å². The molecule has 1 aromatic heterocycles. The van der Waals surface area contributed by atoms with Crippen LogP contribution in [-0.2, 0) is 0 Å². The summed E-state index contributed by atoms with van der Waals surface area (Å²) in [6.07, 6.45) is 1.73. The minimum Gasteiger partial charge on any atom is -0.258 e. The summed E-state index contributed by atoms with van der Waals surface area (Å²) in [6, 6.07) is 14.7. The van der Waals surface area contributed by atoms with Crippen molar-refractivity contribution in [2.75, 3.05) is 5.43 Å². The number of hydrogen-bond donors (Lipinski definition) is 1. The van der Waals surface area contributed by atoms with E-state index in [1.54, 1.807) is 18.3 Å². The molecule has 2 aromatic carbocycles. The van der Waals surface area contributed by atoms with Crippen molar-refractivity contribution < 1.29 is 4.92 Å². The van der Waals surface area contributed by atoms with Gasteiger partial charge in [0.25, 0.3) is 5.69 Å². The van der Waals surface area contributed by atoms with Crippen molar-refractivity contribution in [3.8, 4) is 11.3 Å². The molecule has 0 amide bonds. The van der Waals surface area contributed by atoms with Gasteiger partial charge in [-0.25, -0.2) is 4.98 Å². The van der Waals surface area contributed by atoms with Crippen molar-refractivity contribution in [1.82, 2.24) is 4.98 Å². The Kier molecular flexibility index (Phi) is 5.38. The summed E-state index contributed by atoms with van der Waals surface area (Å²) >= 11 is 1.39. The van der Waals surface area contributed by atoms with Crippen LogP contribution in [0.3, 0.4) is 0 Å². The maximum absolute atomic E-state index is 10.9. The summed E-state index contributed by atoms with van der Waals surface area (Å²) in [5.41, 5.74) is 6.62. The molecule has 0 radical (unpaired) electrons. The first kappa shape index (κ1) is 17.8. The van der Waals surface area contributed by atoms with Gasteiger partial charge in [0, 0.05) is 23.1 Å². The minimum absolute atomic E-state index is 0.0490. The second kappa shape index (κ2) is 7.88. The fourth-order valence-electron chi connectivity index (χ4n) is 2.37. The van der Waals surface area contributed by atoms with Crippen molar-refractivity contribution in [1.29, 1.82) is 0 Å². The van der Waals surface area contributed by atoms with Crippen molar-refractivity contribution in [3.63, 3.8) is 0 Å². The van der Waals surface area contributed by atoms with Crippen LogP contribution in [0.2, 0.25) is 0 Å². The van der Waals surface area contributed by atoms with Gasteiger partial charge in [-0.2, -0.15) is 5.10 Å². The number of aromatic nitrogens is 1. The Balaban J connectivity index is 1.67. The number of thiazole rings is 1. The van der Waals surface area contributed by atoms with E-state index in [1.807, 2.05) is 17.5 Å². The number of nitrogens with one attached hydrogen (secondary N) is 1. The van der Waals surface area contributed by atoms with Crippen LogP contribution >= 0.6 is 11.3 Å². The molecule has 0 spiro atoms. The number of rotatable bonds is 6. The first-order valence-electron chi connectivity index (χ1n) is 8.12. The lowest BCUT2D eigenvalue weighted by Gasteiger charge is -2.04. The molecule has 3 aromatic rings. The van der Waals surface area contributed by atoms with Gasteiger partial charge in [-0.1, -0.05) is 50.2 Å². The summed E-state index contributed by atoms with van der Waals surface area (Å²) in [4.78, 5) is 14.9. The zero-order valence-electron chi connectivity index (χ0n) is 14.4. The highest BCUT2D eigenvalue weighted by Gasteiger charge is 2.09. The predicted molar refractivity (Wildman–Crippen MR) is 106 cm³/mol. The van der Waals surface area contributed by atoms with E-state index in [2.05, 4.69) is 41.5 Å². The SMILES string of the molecule is CC(C)c1ccc(/C=N/Nc2nc(-c3cccc([N+](=O)[O-])c3)cs2)cc1. The average molecular weight is 366 g/mol. The van der Waals surface area contributed by atoms with Gasteiger partial charge in [0.1, 0.15) is 0 Å². The summed E-state index contributed by atoms with van der Waals surface area (Å²) in [7, 11) is 0. The second-order valence-corrected chi connectivity index (χ2v) is 6.89. The molecule has 1 N–H and O–H groups in total. The van der Waals surface area contributed by atoms with Gasteiger partial charge >= 0.3 is 0 Å². The van der Waals surface area contributed by atoms with Gasteiger partial charge in [-0.05, 0) is 17.0 Å². The third kappa shape index (κ3) is 4.31. The molecular formula is C19H18N4O2S. The van der Waals surface area contributed by atoms with Gasteiger partial charge in [0.2, 0.25) is 5.13 Å². The number of non-ortho nitro benzene ring substituents is 1. The Bertz CT molecular complexity index is 933. The number of benzene rings is 2. The number of anilines is 1. The Morgan fingerprint density at radius 1 is 1.23 bits per heavy atom. The first-order valence-corrected chi connectivity index (χ1v) is 9.00. The molecule has 3 rings (SSSR count). The Hall–Kier alpha value is -3.06. The van der Waals surface area contributed by atoms with Crippen LogP contribution in [0, 0.1) is 10.1 Å². The topological polar surface area (TPSA) is 80.4 Å². The van der Waals surface area contributed by atoms with E-state index in [4.69, 9.17) is 0 Å². The molecule has 0 bridgehead atoms. The van der Waals surface area contributed by atoms with Crippen LogP contribution in [0.25, 0.3) is 11.3 Å². The second-order valence-electron chi connectivity index (χ2n) is 6.04. The van der Waals surface area contributed by atoms with E-state index in [9.17, 15) is 10.1 Å². The van der Waals surface area contributed by atoms with Crippen LogP contribution in [-0.4, -0.2) is 16.1 Å². The van der Waals surface area contributed by atoms with E-state index in [0.29, 0.717) is 22.3 Å². The number of nitro benzene ring substituents is 1. The molecule has 7 heteroatoms. The number of nitro groups is 1. The number of hydrogen-bond acceptors (Lipinski definition) is 6. The lowest BCUT2D eigenvalue weighted by Crippen LogP contribution is -1.92. The van der Waals surface area contributed by atoms with Crippen LogP contribution in [0.15, 0.2) is 59.0 Å². The molecule has 132 valence electrons. The molecule has 6 nitrogen and oxygen atoms in total. The van der Waals surface area contributed by atoms with Gasteiger partial charge in [0.05, 0.1) is 16.8 Å². The molecule has 0 saturated carbocycles. The van der Waals surface area contributed by atoms with E-state index < -0.39 is 4.92 Å². The summed E-state index contributed by atoms with van der Waals surface area (Å²) in [5.74, 6) is 0.502. The molecule has 1 heterocycles. The van der Waals surface area contributed by atoms with Crippen LogP contribution in [0.4, 0.5) is 10.8 Å². The van der Waals surface area contributed by atoms with Crippen molar-refractivity contribution in [2.24, 2.45) is 5.10 Å². The largest absolute Gasteiger partial charge is 0.270 e. The standard InChI is InChI=1S/C19H18N4O2S/c1-13(2)15-8-6-14(7-9-15)11-20-22-19-21-18(12-26-19)16-4-3-5-17(10-16)23(24)25/h3-13H,1-2H3,(H,21,22)/b20-11+. The highest BCUT2D eigenvalue weighted by molar-refractivity contribution is 7.14. The zero-order chi connectivity index (χ0) is 18.5. The molecule has 0 saturated heterocycles. The third-order valence-corrected chi connectivity index (χ3v) is 4.58. The highest BCUT2D eigenvalue weighted by Crippen LogP contribution is 2.27. The molecule has 0 fully saturated rings. The Labute approximate surface area is 155 Å². The average Bonchev–Trinajstić information content (AvgIpc) is 3.11. The molecule has 26 heavy (non-hydrogen) atoms. The zero-order valence-corrected chi connectivity index (χ0v) is 15.2. The Morgan fingerprint density at radius 3 is 2.69 bits per heavy atom. The molecule has 0 atom stereocenters. The van der Waals surface area contributed by atoms with E-state index in [1.165, 1.54) is 29.0 Å². The first-order chi connectivity index (χ1) is 12.5. The maximum Gasteiger partial charge on any atom is 0.270 e. The fraction of sp³-hybridized carbons (Fsp3) is 0.158. The van der Waals surface area contributed by atoms with Crippen LogP contribution in [0.5, 0.6) is 0 Å². The number of nitrogens with zero attached hydrogens (tertiary/aromatic N) is 3. The molecule has 0 unspecified atom stereocenters. The highest BCUT2D eigenvalue weighted by atomic mass is 32.1. The van der Waals surface area contributed by atoms with Crippen molar-refractivity contribution in [2.45, 2.75) is 19.8 Å². The van der Waals surface area contributed by atoms with Crippen molar-refractivity contribution in [3.05, 3.63) is 75.2 Å². The van der Waals surface area contributed by atoms with Gasteiger partial charge in [-0.3, -0.25) is 15.5 Å². The maximum atomic E-state index is 10.9. The van der Waals surface area contributed by atoms with E-state index in [0.717, 1.165) is 5.56 Å². The normalized spacial score (nSPS) is 11.2. The quantitative estimate of drug-likeness (QED) is 0.365. The molecule has 0 aliphatic carbocycles. The summed E-state index contributed by atoms with van der Waals surface area (Å²) < 4.78 is 0. The van der Waals surface area contributed by atoms with Crippen molar-refractivity contribution >= 4 is 28.4 Å². The number of hydrazone groups is 1. The van der Waals surface area contributed by atoms with E-state index >= 15 is 0 Å². The molecular weight excluding hydrogens is 348 g/mol. The third-order valence-electron chi connectivity index (χ3n) is 3.83. The lowest BCUT2D eigenvalue weighted by molar-refractivity contribution is -0.384. The van der Waals surface area contributed by atoms with Crippen LogP contribution < -0.4 is 5.43 Å². The summed E-state index contributed by atoms with van der Waals surface area (Å²) in [6.45, 7) is 4.32. The van der Waals surface area contributed by atoms with Crippen LogP contribution in [0.1, 0.15) is 30.9 Å². The van der Waals surface area contributed by atoms with Gasteiger partial charge in [0.15, 0.2) is 0 Å². The Morgan fingerprint density at radius 2 is 2.00 bits per heavy atom.